The summed E-state index contributed by atoms with van der Waals surface area (Å²) in [6, 6.07) is 22.0. The molecule has 0 bridgehead atoms. The normalized spacial score (nSPS) is 11.1. The van der Waals surface area contributed by atoms with Crippen molar-refractivity contribution in [3.63, 3.8) is 0 Å². The first-order chi connectivity index (χ1) is 26.6. The zero-order valence-electron chi connectivity index (χ0n) is 30.9. The fourth-order valence-corrected chi connectivity index (χ4v) is 5.60. The molecule has 0 aliphatic rings. The van der Waals surface area contributed by atoms with E-state index in [9.17, 15) is 9.59 Å². The number of hydrogen-bond donors (Lipinski definition) is 3. The van der Waals surface area contributed by atoms with Crippen LogP contribution in [0.4, 0.5) is 23.3 Å². The minimum absolute atomic E-state index is 0.0492. The first-order valence-electron chi connectivity index (χ1n) is 17.7. The van der Waals surface area contributed by atoms with Gasteiger partial charge in [-0.15, -0.1) is 10.2 Å². The number of nitrogens with zero attached hydrogens (tertiary/aromatic N) is 9. The summed E-state index contributed by atoms with van der Waals surface area (Å²) in [5, 5.41) is 22.8. The van der Waals surface area contributed by atoms with E-state index in [2.05, 4.69) is 83.6 Å². The molecule has 8 aromatic heterocycles. The Bertz CT molecular complexity index is 2740. The Balaban J connectivity index is 0.000000169. The molecule has 8 aromatic rings. The zero-order valence-corrected chi connectivity index (χ0v) is 30.9. The second kappa shape index (κ2) is 15.8. The molecule has 8 heterocycles. The lowest BCUT2D eigenvalue weighted by atomic mass is 10.1. The van der Waals surface area contributed by atoms with Crippen LogP contribution < -0.4 is 21.8 Å². The lowest BCUT2D eigenvalue weighted by molar-refractivity contribution is 0.843. The van der Waals surface area contributed by atoms with Crippen LogP contribution in [0.2, 0.25) is 0 Å². The second-order valence-electron chi connectivity index (χ2n) is 13.5. The van der Waals surface area contributed by atoms with E-state index in [0.717, 1.165) is 55.4 Å². The number of H-pyrrole nitrogens is 1. The van der Waals surface area contributed by atoms with E-state index in [-0.39, 0.29) is 11.1 Å². The summed E-state index contributed by atoms with van der Waals surface area (Å²) in [6.45, 7) is 8.45. The summed E-state index contributed by atoms with van der Waals surface area (Å²) in [4.78, 5) is 43.8. The van der Waals surface area contributed by atoms with Crippen LogP contribution in [0, 0.1) is 0 Å². The lowest BCUT2D eigenvalue weighted by Crippen LogP contribution is -2.13. The van der Waals surface area contributed by atoms with E-state index in [4.69, 9.17) is 0 Å². The summed E-state index contributed by atoms with van der Waals surface area (Å²) >= 11 is 0. The molecule has 0 atom stereocenters. The Hall–Kier alpha value is -7.22. The van der Waals surface area contributed by atoms with Crippen LogP contribution >= 0.6 is 0 Å². The highest BCUT2D eigenvalue weighted by molar-refractivity contribution is 5.83. The number of fused-ring (bicyclic) bond motifs is 2. The first-order valence-corrected chi connectivity index (χ1v) is 17.7. The number of hydrogen-bond acceptors (Lipinski definition) is 12. The number of aromatic amines is 1. The Morgan fingerprint density at radius 1 is 0.564 bits per heavy atom. The summed E-state index contributed by atoms with van der Waals surface area (Å²) < 4.78 is 1.55. The predicted molar refractivity (Wildman–Crippen MR) is 215 cm³/mol. The van der Waals surface area contributed by atoms with E-state index in [1.54, 1.807) is 67.0 Å². The topological polar surface area (TPSA) is 182 Å². The molecule has 14 nitrogen and oxygen atoms in total. The van der Waals surface area contributed by atoms with Crippen molar-refractivity contribution < 1.29 is 0 Å². The van der Waals surface area contributed by atoms with Crippen molar-refractivity contribution in [2.75, 3.05) is 10.6 Å². The van der Waals surface area contributed by atoms with Crippen LogP contribution in [0.25, 0.3) is 44.3 Å². The molecule has 14 heteroatoms. The summed E-state index contributed by atoms with van der Waals surface area (Å²) in [5.41, 5.74) is 8.67. The van der Waals surface area contributed by atoms with Crippen LogP contribution in [-0.4, -0.2) is 49.9 Å². The molecule has 0 unspecified atom stereocenters. The Morgan fingerprint density at radius 2 is 1.09 bits per heavy atom. The van der Waals surface area contributed by atoms with E-state index < -0.39 is 0 Å². The maximum absolute atomic E-state index is 11.6. The fraction of sp³-hybridized carbons (Fsp3) is 0.171. The Kier molecular flexibility index (Phi) is 10.4. The van der Waals surface area contributed by atoms with Gasteiger partial charge in [0.1, 0.15) is 11.6 Å². The molecule has 0 fully saturated rings. The van der Waals surface area contributed by atoms with Crippen LogP contribution in [-0.2, 0) is 7.05 Å². The molecule has 0 amide bonds. The largest absolute Gasteiger partial charge is 0.328 e. The summed E-state index contributed by atoms with van der Waals surface area (Å²) in [6.07, 6.45) is 10.6. The van der Waals surface area contributed by atoms with Gasteiger partial charge in [-0.25, -0.2) is 9.97 Å². The van der Waals surface area contributed by atoms with Gasteiger partial charge in [0.05, 0.1) is 34.5 Å². The van der Waals surface area contributed by atoms with Gasteiger partial charge in [0.15, 0.2) is 11.6 Å². The van der Waals surface area contributed by atoms with Gasteiger partial charge in [-0.05, 0) is 94.8 Å². The van der Waals surface area contributed by atoms with Crippen molar-refractivity contribution in [1.29, 1.82) is 0 Å². The lowest BCUT2D eigenvalue weighted by Gasteiger charge is -2.09. The third-order valence-electron chi connectivity index (χ3n) is 8.81. The average molecular weight is 731 g/mol. The first kappa shape index (κ1) is 36.2. The molecule has 3 N–H and O–H groups in total. The van der Waals surface area contributed by atoms with Crippen LogP contribution in [0.5, 0.6) is 0 Å². The van der Waals surface area contributed by atoms with Crippen molar-refractivity contribution in [3.05, 3.63) is 142 Å². The molecule has 274 valence electrons. The van der Waals surface area contributed by atoms with Crippen LogP contribution in [0.15, 0.2) is 120 Å². The number of nitrogens with one attached hydrogen (secondary N) is 3. The van der Waals surface area contributed by atoms with Gasteiger partial charge in [-0.1, -0.05) is 27.7 Å². The predicted octanol–water partition coefficient (Wildman–Crippen LogP) is 7.29. The van der Waals surface area contributed by atoms with Crippen molar-refractivity contribution in [1.82, 2.24) is 49.9 Å². The number of rotatable bonds is 8. The van der Waals surface area contributed by atoms with Crippen molar-refractivity contribution in [3.8, 4) is 22.3 Å². The van der Waals surface area contributed by atoms with E-state index in [1.807, 2.05) is 48.5 Å². The highest BCUT2D eigenvalue weighted by atomic mass is 16.1. The Morgan fingerprint density at radius 3 is 1.58 bits per heavy atom. The summed E-state index contributed by atoms with van der Waals surface area (Å²) in [7, 11) is 1.73. The van der Waals surface area contributed by atoms with Crippen molar-refractivity contribution in [2.24, 2.45) is 7.05 Å². The zero-order chi connectivity index (χ0) is 38.5. The van der Waals surface area contributed by atoms with Gasteiger partial charge in [-0.2, -0.15) is 10.2 Å². The van der Waals surface area contributed by atoms with Gasteiger partial charge in [0.2, 0.25) is 11.1 Å². The molecule has 0 aliphatic heterocycles. The molecule has 0 saturated heterocycles. The monoisotopic (exact) mass is 730 g/mol. The third-order valence-corrected chi connectivity index (χ3v) is 8.81. The minimum atomic E-state index is -0.137. The van der Waals surface area contributed by atoms with Gasteiger partial charge in [-0.3, -0.25) is 19.6 Å². The smallest absolute Gasteiger partial charge is 0.250 e. The molecule has 0 saturated carbocycles. The summed E-state index contributed by atoms with van der Waals surface area (Å²) in [5.74, 6) is 3.38. The minimum Gasteiger partial charge on any atom is -0.328 e. The van der Waals surface area contributed by atoms with Crippen LogP contribution in [0.1, 0.15) is 50.7 Å². The Labute approximate surface area is 315 Å². The number of anilines is 4. The molecule has 0 aromatic carbocycles. The van der Waals surface area contributed by atoms with Gasteiger partial charge in [0, 0.05) is 55.1 Å². The van der Waals surface area contributed by atoms with E-state index in [1.165, 1.54) is 6.07 Å². The molecule has 0 spiro atoms. The molecule has 0 aliphatic carbocycles. The highest BCUT2D eigenvalue weighted by Crippen LogP contribution is 2.25. The van der Waals surface area contributed by atoms with Crippen LogP contribution in [0.3, 0.4) is 0 Å². The fourth-order valence-electron chi connectivity index (χ4n) is 5.60. The third kappa shape index (κ3) is 8.71. The van der Waals surface area contributed by atoms with Gasteiger partial charge in [0.25, 0.3) is 0 Å². The maximum atomic E-state index is 11.6. The quantitative estimate of drug-likeness (QED) is 0.142. The molecule has 55 heavy (non-hydrogen) atoms. The second-order valence-corrected chi connectivity index (χ2v) is 13.5. The number of aryl methyl sites for hydroxylation is 1. The van der Waals surface area contributed by atoms with Crippen molar-refractivity contribution in [2.45, 2.75) is 39.5 Å². The highest BCUT2D eigenvalue weighted by Gasteiger charge is 2.09. The standard InChI is InChI=1S/C21H20N6O.C20H18N6O/c1-13(2)15-9-20(26-23-11-15)25-19-6-5-17-18(24-19)8-16(10-22-17)14-4-7-21(28)27(3)12-14;1-12(2)14-8-19(26-23-11-14)25-18-5-4-16-17(24-18)7-15(10-21-16)13-3-6-20(27)22-9-13/h4-13H,1-3H3,(H,24,25,26);3-12H,1-2H3,(H,22,27)(H,24,25,26). The maximum Gasteiger partial charge on any atom is 0.250 e. The number of aromatic nitrogens is 10. The molecule has 8 rings (SSSR count). The molecular formula is C41H38N12O2. The van der Waals surface area contributed by atoms with E-state index >= 15 is 0 Å². The van der Waals surface area contributed by atoms with Gasteiger partial charge >= 0.3 is 0 Å². The molecule has 0 radical (unpaired) electrons. The number of pyridine rings is 6. The average Bonchev–Trinajstić information content (AvgIpc) is 3.19. The van der Waals surface area contributed by atoms with E-state index in [0.29, 0.717) is 35.1 Å². The van der Waals surface area contributed by atoms with Gasteiger partial charge < -0.3 is 20.2 Å². The SMILES string of the molecule is CC(C)c1cnnc(Nc2ccc3ncc(-c4ccc(=O)[nH]c4)cc3n2)c1.CC(C)c1cnnc(Nc2ccc3ncc(-c4ccc(=O)n(C)c4)cc3n2)c1. The molecular weight excluding hydrogens is 693 g/mol. The van der Waals surface area contributed by atoms with Crippen molar-refractivity contribution >= 4 is 45.3 Å².